The maximum absolute atomic E-state index is 12.4. The Labute approximate surface area is 254 Å². The van der Waals surface area contributed by atoms with E-state index in [0.29, 0.717) is 19.3 Å². The summed E-state index contributed by atoms with van der Waals surface area (Å²) in [6, 6.07) is 0. The summed E-state index contributed by atoms with van der Waals surface area (Å²) in [6.07, 6.45) is 41.6. The van der Waals surface area contributed by atoms with Crippen molar-refractivity contribution in [3.8, 4) is 0 Å². The molecule has 0 radical (unpaired) electrons. The Bertz CT molecular complexity index is 664. The molecule has 0 fully saturated rings. The van der Waals surface area contributed by atoms with Gasteiger partial charge in [-0.25, -0.2) is 0 Å². The van der Waals surface area contributed by atoms with Crippen molar-refractivity contribution in [1.29, 1.82) is 0 Å². The van der Waals surface area contributed by atoms with Gasteiger partial charge in [0.2, 0.25) is 0 Å². The molecule has 41 heavy (non-hydrogen) atoms. The first kappa shape index (κ1) is 39.2. The van der Waals surface area contributed by atoms with E-state index in [-0.39, 0.29) is 18.5 Å². The average Bonchev–Trinajstić information content (AvgIpc) is 2.95. The van der Waals surface area contributed by atoms with E-state index in [1.165, 1.54) is 96.3 Å². The lowest BCUT2D eigenvalue weighted by Crippen LogP contribution is -2.18. The van der Waals surface area contributed by atoms with Gasteiger partial charge in [0, 0.05) is 12.8 Å². The van der Waals surface area contributed by atoms with Crippen LogP contribution in [0, 0.1) is 0 Å². The molecule has 0 saturated heterocycles. The highest BCUT2D eigenvalue weighted by molar-refractivity contribution is 5.69. The number of carboxylic acid groups (broad SMARTS) is 1. The maximum Gasteiger partial charge on any atom is 0.306 e. The second-order valence-corrected chi connectivity index (χ2v) is 11.7. The number of hydrogen-bond acceptors (Lipinski definition) is 3. The summed E-state index contributed by atoms with van der Waals surface area (Å²) < 4.78 is 5.79. The molecular formula is C37H66O4. The molecule has 238 valence electrons. The summed E-state index contributed by atoms with van der Waals surface area (Å²) in [5.41, 5.74) is 0. The van der Waals surface area contributed by atoms with Crippen LogP contribution in [0.5, 0.6) is 0 Å². The van der Waals surface area contributed by atoms with Crippen molar-refractivity contribution in [2.75, 3.05) is 0 Å². The summed E-state index contributed by atoms with van der Waals surface area (Å²) in [5, 5.41) is 8.96. The Kier molecular flexibility index (Phi) is 31.2. The normalized spacial score (nSPS) is 12.6. The number of carboxylic acids is 1. The van der Waals surface area contributed by atoms with Gasteiger partial charge in [-0.15, -0.1) is 0 Å². The lowest BCUT2D eigenvalue weighted by atomic mass is 10.0. The summed E-state index contributed by atoms with van der Waals surface area (Å²) >= 11 is 0. The van der Waals surface area contributed by atoms with Crippen LogP contribution in [0.15, 0.2) is 36.5 Å². The maximum atomic E-state index is 12.4. The van der Waals surface area contributed by atoms with E-state index in [1.807, 2.05) is 0 Å². The second-order valence-electron chi connectivity index (χ2n) is 11.7. The van der Waals surface area contributed by atoms with Crippen molar-refractivity contribution in [3.63, 3.8) is 0 Å². The minimum Gasteiger partial charge on any atom is -0.481 e. The number of carbonyl (C=O) groups is 2. The molecular weight excluding hydrogens is 508 g/mol. The Balaban J connectivity index is 3.76. The molecule has 0 heterocycles. The standard InChI is InChI=1S/C37H66O4/c1-3-5-7-9-11-13-14-15-16-17-18-19-20-21-22-23-25-27-29-34-37(40)41-35(32-30-33-36(38)39)31-28-26-24-12-10-8-6-4-2/h5,7,11,13,15-16,35H,3-4,6,8-10,12,14,17-34H2,1-2H3,(H,38,39)/b7-5-,13-11-,16-15-. The van der Waals surface area contributed by atoms with Gasteiger partial charge < -0.3 is 9.84 Å². The Morgan fingerprint density at radius 2 is 1.05 bits per heavy atom. The average molecular weight is 575 g/mol. The molecule has 4 heteroatoms. The summed E-state index contributed by atoms with van der Waals surface area (Å²) in [7, 11) is 0. The monoisotopic (exact) mass is 574 g/mol. The number of allylic oxidation sites excluding steroid dienone is 6. The van der Waals surface area contributed by atoms with E-state index in [9.17, 15) is 9.59 Å². The van der Waals surface area contributed by atoms with E-state index >= 15 is 0 Å². The first-order chi connectivity index (χ1) is 20.1. The lowest BCUT2D eigenvalue weighted by molar-refractivity contribution is -0.150. The van der Waals surface area contributed by atoms with Crippen molar-refractivity contribution in [1.82, 2.24) is 0 Å². The van der Waals surface area contributed by atoms with E-state index < -0.39 is 5.97 Å². The molecule has 0 aliphatic heterocycles. The van der Waals surface area contributed by atoms with Crippen LogP contribution in [0.25, 0.3) is 0 Å². The van der Waals surface area contributed by atoms with Gasteiger partial charge in [0.15, 0.2) is 0 Å². The van der Waals surface area contributed by atoms with Crippen LogP contribution in [0.1, 0.15) is 181 Å². The van der Waals surface area contributed by atoms with E-state index in [0.717, 1.165) is 44.9 Å². The van der Waals surface area contributed by atoms with E-state index in [1.54, 1.807) is 0 Å². The molecule has 0 aromatic carbocycles. The van der Waals surface area contributed by atoms with Crippen molar-refractivity contribution in [3.05, 3.63) is 36.5 Å². The van der Waals surface area contributed by atoms with Crippen LogP contribution in [-0.2, 0) is 14.3 Å². The fraction of sp³-hybridized carbons (Fsp3) is 0.784. The Morgan fingerprint density at radius 3 is 1.63 bits per heavy atom. The molecule has 1 N–H and O–H groups in total. The van der Waals surface area contributed by atoms with Crippen molar-refractivity contribution in [2.24, 2.45) is 0 Å². The Morgan fingerprint density at radius 1 is 0.561 bits per heavy atom. The molecule has 0 amide bonds. The third-order valence-corrected chi connectivity index (χ3v) is 7.63. The molecule has 1 unspecified atom stereocenters. The smallest absolute Gasteiger partial charge is 0.306 e. The number of esters is 1. The molecule has 0 rings (SSSR count). The van der Waals surface area contributed by atoms with Crippen LogP contribution >= 0.6 is 0 Å². The molecule has 0 spiro atoms. The predicted octanol–water partition coefficient (Wildman–Crippen LogP) is 11.8. The van der Waals surface area contributed by atoms with Crippen LogP contribution in [0.3, 0.4) is 0 Å². The van der Waals surface area contributed by atoms with E-state index in [4.69, 9.17) is 9.84 Å². The number of aliphatic carboxylic acids is 1. The highest BCUT2D eigenvalue weighted by atomic mass is 16.5. The van der Waals surface area contributed by atoms with Crippen LogP contribution < -0.4 is 0 Å². The second kappa shape index (κ2) is 32.7. The minimum atomic E-state index is -0.774. The zero-order valence-electron chi connectivity index (χ0n) is 27.1. The SMILES string of the molecule is CC/C=C\C/C=C\C/C=C\CCCCCCCCCCCC(=O)OC(CCCCCCCCCC)CCCC(=O)O. The first-order valence-electron chi connectivity index (χ1n) is 17.5. The van der Waals surface area contributed by atoms with Crippen LogP contribution in [0.2, 0.25) is 0 Å². The molecule has 0 aliphatic carbocycles. The zero-order valence-corrected chi connectivity index (χ0v) is 27.1. The quantitative estimate of drug-likeness (QED) is 0.0508. The molecule has 0 saturated carbocycles. The highest BCUT2D eigenvalue weighted by Crippen LogP contribution is 2.18. The van der Waals surface area contributed by atoms with Crippen molar-refractivity contribution < 1.29 is 19.4 Å². The van der Waals surface area contributed by atoms with Gasteiger partial charge in [0.05, 0.1) is 0 Å². The zero-order chi connectivity index (χ0) is 30.1. The fourth-order valence-corrected chi connectivity index (χ4v) is 5.09. The number of unbranched alkanes of at least 4 members (excludes halogenated alkanes) is 16. The summed E-state index contributed by atoms with van der Waals surface area (Å²) in [5.74, 6) is -0.872. The van der Waals surface area contributed by atoms with Gasteiger partial charge in [0.25, 0.3) is 0 Å². The minimum absolute atomic E-state index is 0.0981. The van der Waals surface area contributed by atoms with Gasteiger partial charge in [-0.1, -0.05) is 140 Å². The molecule has 0 aromatic rings. The number of ether oxygens (including phenoxy) is 1. The molecule has 4 nitrogen and oxygen atoms in total. The molecule has 1 atom stereocenters. The van der Waals surface area contributed by atoms with Crippen molar-refractivity contribution >= 4 is 11.9 Å². The molecule has 0 aliphatic rings. The first-order valence-corrected chi connectivity index (χ1v) is 17.5. The van der Waals surface area contributed by atoms with Gasteiger partial charge >= 0.3 is 11.9 Å². The number of carbonyl (C=O) groups excluding carboxylic acids is 1. The third kappa shape index (κ3) is 32.5. The highest BCUT2D eigenvalue weighted by Gasteiger charge is 2.15. The van der Waals surface area contributed by atoms with Gasteiger partial charge in [-0.2, -0.15) is 0 Å². The summed E-state index contributed by atoms with van der Waals surface area (Å²) in [4.78, 5) is 23.3. The van der Waals surface area contributed by atoms with Crippen LogP contribution in [0.4, 0.5) is 0 Å². The van der Waals surface area contributed by atoms with E-state index in [2.05, 4.69) is 50.3 Å². The van der Waals surface area contributed by atoms with Gasteiger partial charge in [-0.3, -0.25) is 9.59 Å². The van der Waals surface area contributed by atoms with Gasteiger partial charge in [-0.05, 0) is 64.2 Å². The topological polar surface area (TPSA) is 63.6 Å². The van der Waals surface area contributed by atoms with Crippen LogP contribution in [-0.4, -0.2) is 23.1 Å². The largest absolute Gasteiger partial charge is 0.481 e. The molecule has 0 aromatic heterocycles. The predicted molar refractivity (Wildman–Crippen MR) is 176 cm³/mol. The van der Waals surface area contributed by atoms with Gasteiger partial charge in [0.1, 0.15) is 6.10 Å². The third-order valence-electron chi connectivity index (χ3n) is 7.63. The number of rotatable bonds is 31. The lowest BCUT2D eigenvalue weighted by Gasteiger charge is -2.18. The van der Waals surface area contributed by atoms with Crippen molar-refractivity contribution in [2.45, 2.75) is 187 Å². The number of hydrogen-bond donors (Lipinski definition) is 1. The summed E-state index contributed by atoms with van der Waals surface area (Å²) in [6.45, 7) is 4.40. The molecule has 0 bridgehead atoms. The Hall–Kier alpha value is -1.84. The fourth-order valence-electron chi connectivity index (χ4n) is 5.09.